The highest BCUT2D eigenvalue weighted by molar-refractivity contribution is 9.10. The fraction of sp³-hybridized carbons (Fsp3) is 0.571. The highest BCUT2D eigenvalue weighted by Gasteiger charge is 2.23. The zero-order valence-electron chi connectivity index (χ0n) is 10.9. The summed E-state index contributed by atoms with van der Waals surface area (Å²) in [5, 5.41) is 4.50. The molecule has 0 aromatic heterocycles. The first-order valence-corrected chi connectivity index (χ1v) is 8.39. The molecule has 0 amide bonds. The van der Waals surface area contributed by atoms with Gasteiger partial charge in [0.15, 0.2) is 0 Å². The minimum absolute atomic E-state index is 0.667. The highest BCUT2D eigenvalue weighted by atomic mass is 79.9. The number of hydrogen-bond donors (Lipinski definition) is 1. The van der Waals surface area contributed by atoms with Crippen molar-refractivity contribution >= 4 is 27.7 Å². The summed E-state index contributed by atoms with van der Waals surface area (Å²) in [7, 11) is 1.71. The van der Waals surface area contributed by atoms with Crippen molar-refractivity contribution < 1.29 is 4.74 Å². The maximum absolute atomic E-state index is 5.26. The van der Waals surface area contributed by atoms with Crippen LogP contribution in [0.1, 0.15) is 24.8 Å². The van der Waals surface area contributed by atoms with E-state index in [0.29, 0.717) is 6.04 Å². The summed E-state index contributed by atoms with van der Waals surface area (Å²) in [6, 6.07) is 6.79. The Labute approximate surface area is 122 Å². The lowest BCUT2D eigenvalue weighted by Gasteiger charge is -2.14. The number of hydrogen-bond acceptors (Lipinski definition) is 3. The van der Waals surface area contributed by atoms with Crippen LogP contribution in [0.25, 0.3) is 0 Å². The van der Waals surface area contributed by atoms with Gasteiger partial charge in [-0.25, -0.2) is 0 Å². The summed E-state index contributed by atoms with van der Waals surface area (Å²) in [4.78, 5) is 0. The SMILES string of the molecule is COc1ccc(Br)c(CNC2CCC(SC)C2)c1. The van der Waals surface area contributed by atoms with E-state index in [-0.39, 0.29) is 0 Å². The van der Waals surface area contributed by atoms with E-state index < -0.39 is 0 Å². The van der Waals surface area contributed by atoms with Crippen LogP contribution in [0.5, 0.6) is 5.75 Å². The average Bonchev–Trinajstić information content (AvgIpc) is 2.86. The third-order valence-electron chi connectivity index (χ3n) is 3.55. The van der Waals surface area contributed by atoms with Gasteiger partial charge in [0.05, 0.1) is 7.11 Å². The van der Waals surface area contributed by atoms with Crippen LogP contribution in [-0.4, -0.2) is 24.7 Å². The molecule has 0 spiro atoms. The number of thioether (sulfide) groups is 1. The van der Waals surface area contributed by atoms with Crippen molar-refractivity contribution in [1.29, 1.82) is 0 Å². The Hall–Kier alpha value is -0.190. The molecule has 1 aliphatic carbocycles. The Balaban J connectivity index is 1.90. The molecule has 2 atom stereocenters. The Morgan fingerprint density at radius 3 is 2.94 bits per heavy atom. The van der Waals surface area contributed by atoms with Crippen LogP contribution < -0.4 is 10.1 Å². The molecule has 2 unspecified atom stereocenters. The highest BCUT2D eigenvalue weighted by Crippen LogP contribution is 2.29. The van der Waals surface area contributed by atoms with E-state index in [4.69, 9.17) is 4.74 Å². The normalized spacial score (nSPS) is 23.3. The molecule has 18 heavy (non-hydrogen) atoms. The minimum atomic E-state index is 0.667. The van der Waals surface area contributed by atoms with E-state index in [1.807, 2.05) is 17.8 Å². The van der Waals surface area contributed by atoms with Gasteiger partial charge in [0, 0.05) is 22.3 Å². The number of benzene rings is 1. The summed E-state index contributed by atoms with van der Waals surface area (Å²) in [5.41, 5.74) is 1.27. The molecule has 2 nitrogen and oxygen atoms in total. The predicted molar refractivity (Wildman–Crippen MR) is 82.5 cm³/mol. The maximum Gasteiger partial charge on any atom is 0.119 e. The quantitative estimate of drug-likeness (QED) is 0.886. The van der Waals surface area contributed by atoms with Crippen LogP contribution in [0.3, 0.4) is 0 Å². The molecule has 2 rings (SSSR count). The maximum atomic E-state index is 5.26. The van der Waals surface area contributed by atoms with E-state index >= 15 is 0 Å². The smallest absolute Gasteiger partial charge is 0.119 e. The number of rotatable bonds is 5. The lowest BCUT2D eigenvalue weighted by Crippen LogP contribution is -2.26. The third kappa shape index (κ3) is 3.65. The van der Waals surface area contributed by atoms with E-state index in [9.17, 15) is 0 Å². The van der Waals surface area contributed by atoms with Crippen molar-refractivity contribution in [3.63, 3.8) is 0 Å². The van der Waals surface area contributed by atoms with Gasteiger partial charge < -0.3 is 10.1 Å². The monoisotopic (exact) mass is 329 g/mol. The van der Waals surface area contributed by atoms with Gasteiger partial charge in [-0.15, -0.1) is 0 Å². The van der Waals surface area contributed by atoms with Gasteiger partial charge in [-0.2, -0.15) is 11.8 Å². The first kappa shape index (κ1) is 14.2. The Kier molecular flexibility index (Phi) is 5.39. The second-order valence-corrected chi connectivity index (χ2v) is 6.70. The standard InChI is InChI=1S/C14H20BrNOS/c1-17-12-4-6-14(15)10(7-12)9-16-11-3-5-13(8-11)18-2/h4,6-7,11,13,16H,3,5,8-9H2,1-2H3. The molecule has 1 aromatic rings. The van der Waals surface area contributed by atoms with Crippen LogP contribution in [0.15, 0.2) is 22.7 Å². The van der Waals surface area contributed by atoms with Gasteiger partial charge >= 0.3 is 0 Å². The number of nitrogens with one attached hydrogen (secondary N) is 1. The number of methoxy groups -OCH3 is 1. The Bertz CT molecular complexity index is 399. The van der Waals surface area contributed by atoms with Crippen molar-refractivity contribution in [3.8, 4) is 5.75 Å². The van der Waals surface area contributed by atoms with E-state index in [1.54, 1.807) is 7.11 Å². The molecule has 1 fully saturated rings. The molecule has 0 saturated heterocycles. The lowest BCUT2D eigenvalue weighted by atomic mass is 10.2. The van der Waals surface area contributed by atoms with Gasteiger partial charge in [-0.1, -0.05) is 15.9 Å². The molecule has 0 aliphatic heterocycles. The average molecular weight is 330 g/mol. The zero-order valence-corrected chi connectivity index (χ0v) is 13.3. The molecule has 1 N–H and O–H groups in total. The molecular weight excluding hydrogens is 310 g/mol. The molecule has 0 radical (unpaired) electrons. The van der Waals surface area contributed by atoms with Crippen LogP contribution >= 0.6 is 27.7 Å². The molecule has 1 saturated carbocycles. The second kappa shape index (κ2) is 6.83. The molecule has 4 heteroatoms. The molecule has 1 aromatic carbocycles. The van der Waals surface area contributed by atoms with Crippen LogP contribution in [-0.2, 0) is 6.54 Å². The molecule has 0 heterocycles. The van der Waals surface area contributed by atoms with Crippen molar-refractivity contribution in [2.75, 3.05) is 13.4 Å². The Morgan fingerprint density at radius 1 is 1.44 bits per heavy atom. The molecule has 100 valence electrons. The van der Waals surface area contributed by atoms with Gasteiger partial charge in [-0.05, 0) is 49.3 Å². The first-order valence-electron chi connectivity index (χ1n) is 6.31. The van der Waals surface area contributed by atoms with Gasteiger partial charge in [0.1, 0.15) is 5.75 Å². The van der Waals surface area contributed by atoms with Crippen molar-refractivity contribution in [3.05, 3.63) is 28.2 Å². The van der Waals surface area contributed by atoms with Crippen molar-refractivity contribution in [2.24, 2.45) is 0 Å². The Morgan fingerprint density at radius 2 is 2.28 bits per heavy atom. The topological polar surface area (TPSA) is 21.3 Å². The van der Waals surface area contributed by atoms with E-state index in [1.165, 1.54) is 24.8 Å². The summed E-state index contributed by atoms with van der Waals surface area (Å²) in [5.74, 6) is 0.920. The lowest BCUT2D eigenvalue weighted by molar-refractivity contribution is 0.413. The predicted octanol–water partition coefficient (Wildman–Crippen LogP) is 3.83. The second-order valence-electron chi connectivity index (χ2n) is 4.71. The summed E-state index contributed by atoms with van der Waals surface area (Å²) >= 11 is 5.59. The van der Waals surface area contributed by atoms with E-state index in [2.05, 4.69) is 39.6 Å². The van der Waals surface area contributed by atoms with Crippen LogP contribution in [0.4, 0.5) is 0 Å². The number of ether oxygens (including phenoxy) is 1. The molecule has 0 bridgehead atoms. The fourth-order valence-electron chi connectivity index (χ4n) is 2.41. The first-order chi connectivity index (χ1) is 8.72. The van der Waals surface area contributed by atoms with Crippen LogP contribution in [0.2, 0.25) is 0 Å². The minimum Gasteiger partial charge on any atom is -0.497 e. The van der Waals surface area contributed by atoms with Crippen molar-refractivity contribution in [2.45, 2.75) is 37.1 Å². The van der Waals surface area contributed by atoms with Gasteiger partial charge in [0.25, 0.3) is 0 Å². The molecule has 1 aliphatic rings. The van der Waals surface area contributed by atoms with Crippen LogP contribution in [0, 0.1) is 0 Å². The zero-order chi connectivity index (χ0) is 13.0. The fourth-order valence-corrected chi connectivity index (χ4v) is 3.59. The summed E-state index contributed by atoms with van der Waals surface area (Å²) < 4.78 is 6.41. The summed E-state index contributed by atoms with van der Waals surface area (Å²) in [6.07, 6.45) is 6.15. The number of halogens is 1. The van der Waals surface area contributed by atoms with Gasteiger partial charge in [-0.3, -0.25) is 0 Å². The van der Waals surface area contributed by atoms with E-state index in [0.717, 1.165) is 22.0 Å². The third-order valence-corrected chi connectivity index (χ3v) is 5.42. The van der Waals surface area contributed by atoms with Crippen molar-refractivity contribution in [1.82, 2.24) is 5.32 Å². The summed E-state index contributed by atoms with van der Waals surface area (Å²) in [6.45, 7) is 0.906. The van der Waals surface area contributed by atoms with Gasteiger partial charge in [0.2, 0.25) is 0 Å². The largest absolute Gasteiger partial charge is 0.497 e. The molecular formula is C14H20BrNOS.